The van der Waals surface area contributed by atoms with E-state index in [-0.39, 0.29) is 11.6 Å². The minimum absolute atomic E-state index is 0.162. The summed E-state index contributed by atoms with van der Waals surface area (Å²) in [7, 11) is 0. The average Bonchev–Trinajstić information content (AvgIpc) is 4.14. The topological polar surface area (TPSA) is 40.6 Å². The summed E-state index contributed by atoms with van der Waals surface area (Å²) in [6.45, 7) is 4.71. The summed E-state index contributed by atoms with van der Waals surface area (Å²) in [5.74, 6) is -0.323. The van der Waals surface area contributed by atoms with E-state index in [0.717, 1.165) is 67.5 Å². The van der Waals surface area contributed by atoms with Crippen LogP contribution in [0.3, 0.4) is 0 Å². The van der Waals surface area contributed by atoms with Crippen LogP contribution in [0.1, 0.15) is 79.1 Å². The Morgan fingerprint density at radius 1 is 0.289 bits per heavy atom. The molecule has 13 rings (SSSR count). The number of nitrogens with zero attached hydrogens (tertiary/aromatic N) is 2. The van der Waals surface area contributed by atoms with Gasteiger partial charge in [0.15, 0.2) is 11.6 Å². The maximum atomic E-state index is 15.3. The molecule has 0 saturated carbocycles. The monoisotopic (exact) mass is 976 g/mol. The van der Waals surface area contributed by atoms with E-state index >= 15 is 9.59 Å². The van der Waals surface area contributed by atoms with Crippen molar-refractivity contribution in [2.75, 3.05) is 9.80 Å². The maximum absolute atomic E-state index is 15.3. The molecule has 1 atom stereocenters. The lowest BCUT2D eigenvalue weighted by atomic mass is 9.63. The Hall–Kier alpha value is -9.64. The highest BCUT2D eigenvalue weighted by atomic mass is 16.1. The lowest BCUT2D eigenvalue weighted by Crippen LogP contribution is -2.33. The molecule has 11 aromatic carbocycles. The smallest absolute Gasteiger partial charge is 0.193 e. The molecule has 4 heteroatoms. The van der Waals surface area contributed by atoms with E-state index in [4.69, 9.17) is 0 Å². The predicted molar refractivity (Wildman–Crippen MR) is 310 cm³/mol. The molecule has 0 amide bonds. The van der Waals surface area contributed by atoms with Crippen molar-refractivity contribution in [3.8, 4) is 22.3 Å². The van der Waals surface area contributed by atoms with Crippen LogP contribution in [0.2, 0.25) is 0 Å². The van der Waals surface area contributed by atoms with Crippen LogP contribution in [0.15, 0.2) is 279 Å². The zero-order valence-electron chi connectivity index (χ0n) is 42.3. The molecule has 0 saturated heterocycles. The van der Waals surface area contributed by atoms with Gasteiger partial charge in [0.2, 0.25) is 0 Å². The van der Waals surface area contributed by atoms with Gasteiger partial charge in [-0.25, -0.2) is 0 Å². The zero-order chi connectivity index (χ0) is 51.4. The van der Waals surface area contributed by atoms with Crippen molar-refractivity contribution in [3.63, 3.8) is 0 Å². The summed E-state index contributed by atoms with van der Waals surface area (Å²) in [5.41, 5.74) is 17.2. The Morgan fingerprint density at radius 3 is 1.07 bits per heavy atom. The molecule has 2 aliphatic rings. The van der Waals surface area contributed by atoms with Crippen LogP contribution in [0, 0.1) is 0 Å². The van der Waals surface area contributed by atoms with Gasteiger partial charge in [-0.3, -0.25) is 9.59 Å². The van der Waals surface area contributed by atoms with Crippen LogP contribution in [-0.2, 0) is 10.8 Å². The molecule has 4 nitrogen and oxygen atoms in total. The number of para-hydroxylation sites is 4. The lowest BCUT2D eigenvalue weighted by molar-refractivity contribution is 0.103. The highest BCUT2D eigenvalue weighted by molar-refractivity contribution is 6.14. The van der Waals surface area contributed by atoms with Crippen molar-refractivity contribution in [1.29, 1.82) is 0 Å². The van der Waals surface area contributed by atoms with Crippen molar-refractivity contribution in [1.82, 2.24) is 0 Å². The van der Waals surface area contributed by atoms with E-state index < -0.39 is 10.8 Å². The second kappa shape index (κ2) is 18.7. The van der Waals surface area contributed by atoms with Crippen molar-refractivity contribution >= 4 is 45.7 Å². The van der Waals surface area contributed by atoms with Gasteiger partial charge in [-0.05, 0) is 141 Å². The van der Waals surface area contributed by atoms with Crippen molar-refractivity contribution in [2.24, 2.45) is 0 Å². The highest BCUT2D eigenvalue weighted by Gasteiger charge is 2.52. The van der Waals surface area contributed by atoms with E-state index in [0.29, 0.717) is 22.3 Å². The molecule has 0 heterocycles. The highest BCUT2D eigenvalue weighted by Crippen LogP contribution is 2.64. The third-order valence-corrected chi connectivity index (χ3v) is 15.6. The number of rotatable bonds is 12. The molecular weight excluding hydrogens is 925 g/mol. The quantitative estimate of drug-likeness (QED) is 0.114. The molecule has 0 bridgehead atoms. The molecule has 0 N–H and O–H groups in total. The van der Waals surface area contributed by atoms with Gasteiger partial charge >= 0.3 is 0 Å². The minimum Gasteiger partial charge on any atom is -0.310 e. The van der Waals surface area contributed by atoms with Crippen LogP contribution in [0.5, 0.6) is 0 Å². The van der Waals surface area contributed by atoms with Crippen LogP contribution < -0.4 is 9.80 Å². The summed E-state index contributed by atoms with van der Waals surface area (Å²) in [5, 5.41) is 0. The Labute approximate surface area is 444 Å². The fourth-order valence-corrected chi connectivity index (χ4v) is 12.3. The van der Waals surface area contributed by atoms with Gasteiger partial charge in [0.1, 0.15) is 0 Å². The molecule has 0 radical (unpaired) electrons. The average molecular weight is 977 g/mol. The van der Waals surface area contributed by atoms with Gasteiger partial charge in [-0.2, -0.15) is 0 Å². The van der Waals surface area contributed by atoms with Gasteiger partial charge in [-0.1, -0.05) is 208 Å². The van der Waals surface area contributed by atoms with Crippen LogP contribution in [-0.4, -0.2) is 11.6 Å². The summed E-state index contributed by atoms with van der Waals surface area (Å²) in [4.78, 5) is 35.2. The Bertz CT molecular complexity index is 3740. The molecule has 11 aromatic rings. The molecule has 2 aliphatic carbocycles. The number of hydrogen-bond acceptors (Lipinski definition) is 4. The predicted octanol–water partition coefficient (Wildman–Crippen LogP) is 17.8. The zero-order valence-corrected chi connectivity index (χ0v) is 42.3. The first-order valence-corrected chi connectivity index (χ1v) is 26.0. The Morgan fingerprint density at radius 2 is 0.632 bits per heavy atom. The standard InChI is InChI=1S/C72H52N2O2/c1-71(2)65-39-23-21-37-61(65)63-41-42-64-62-38-22-24-40-66(62)72(68(64)67(63)71,53-44-51(69(75)49-25-9-3-10-26-49)43-52(45-53)70(76)50-27-11-4-12-28-50)54-46-59(73(55-29-13-5-14-30-55)56-31-15-6-16-32-56)48-60(47-54)74(57-33-17-7-18-34-57)58-35-19-8-20-36-58/h3-48H,1-2H3. The number of carbonyl (C=O) groups excluding carboxylic acids is 2. The lowest BCUT2D eigenvalue weighted by Gasteiger charge is -2.39. The molecule has 362 valence electrons. The van der Waals surface area contributed by atoms with E-state index in [1.54, 1.807) is 6.07 Å². The van der Waals surface area contributed by atoms with Gasteiger partial charge in [0, 0.05) is 61.8 Å². The molecule has 1 unspecified atom stereocenters. The van der Waals surface area contributed by atoms with Crippen molar-refractivity contribution in [2.45, 2.75) is 24.7 Å². The van der Waals surface area contributed by atoms with E-state index in [2.05, 4.69) is 236 Å². The Kier molecular flexibility index (Phi) is 11.4. The third-order valence-electron chi connectivity index (χ3n) is 15.6. The first-order valence-electron chi connectivity index (χ1n) is 26.0. The SMILES string of the molecule is CC1(C)c2ccccc2-c2ccc3c(c21)C(c1cc(C(=O)c2ccccc2)cc(C(=O)c2ccccc2)c1)(c1cc(N(c2ccccc2)c2ccccc2)cc(N(c2ccccc2)c2ccccc2)c1)c1ccccc1-3. The summed E-state index contributed by atoms with van der Waals surface area (Å²) >= 11 is 0. The number of hydrogen-bond donors (Lipinski definition) is 0. The molecule has 76 heavy (non-hydrogen) atoms. The van der Waals surface area contributed by atoms with Gasteiger partial charge in [0.25, 0.3) is 0 Å². The van der Waals surface area contributed by atoms with Crippen LogP contribution in [0.25, 0.3) is 22.3 Å². The number of benzene rings is 11. The molecule has 0 aromatic heterocycles. The number of fused-ring (bicyclic) bond motifs is 7. The van der Waals surface area contributed by atoms with E-state index in [1.807, 2.05) is 60.7 Å². The fourth-order valence-electron chi connectivity index (χ4n) is 12.3. The molecule has 0 spiro atoms. The van der Waals surface area contributed by atoms with E-state index in [9.17, 15) is 0 Å². The molecule has 0 fully saturated rings. The van der Waals surface area contributed by atoms with Crippen molar-refractivity contribution in [3.05, 3.63) is 335 Å². The van der Waals surface area contributed by atoms with E-state index in [1.165, 1.54) is 22.3 Å². The first-order chi connectivity index (χ1) is 37.3. The summed E-state index contributed by atoms with van der Waals surface area (Å²) in [6, 6.07) is 96.3. The third kappa shape index (κ3) is 7.52. The van der Waals surface area contributed by atoms with Crippen LogP contribution in [0.4, 0.5) is 34.1 Å². The first kappa shape index (κ1) is 46.2. The van der Waals surface area contributed by atoms with Crippen molar-refractivity contribution < 1.29 is 9.59 Å². The second-order valence-corrected chi connectivity index (χ2v) is 20.3. The Balaban J connectivity index is 1.23. The number of anilines is 6. The molecule has 0 aliphatic heterocycles. The maximum Gasteiger partial charge on any atom is 0.193 e. The number of carbonyl (C=O) groups is 2. The van der Waals surface area contributed by atoms with Crippen LogP contribution >= 0.6 is 0 Å². The summed E-state index contributed by atoms with van der Waals surface area (Å²) < 4.78 is 0. The van der Waals surface area contributed by atoms with Gasteiger partial charge in [0.05, 0.1) is 5.41 Å². The number of ketones is 2. The molecular formula is C72H52N2O2. The largest absolute Gasteiger partial charge is 0.310 e. The normalized spacial score (nSPS) is 14.4. The fraction of sp³-hybridized carbons (Fsp3) is 0.0556. The summed E-state index contributed by atoms with van der Waals surface area (Å²) in [6.07, 6.45) is 0. The second-order valence-electron chi connectivity index (χ2n) is 20.3. The van der Waals surface area contributed by atoms with Gasteiger partial charge in [-0.15, -0.1) is 0 Å². The van der Waals surface area contributed by atoms with Gasteiger partial charge < -0.3 is 9.80 Å². The minimum atomic E-state index is -1.14.